The Morgan fingerprint density at radius 3 is 2.82 bits per heavy atom. The highest BCUT2D eigenvalue weighted by atomic mass is 35.5. The van der Waals surface area contributed by atoms with Gasteiger partial charge < -0.3 is 18.9 Å². The Morgan fingerprint density at radius 1 is 1.26 bits per heavy atom. The van der Waals surface area contributed by atoms with E-state index < -0.39 is 18.2 Å². The Kier molecular flexibility index (Phi) is 6.71. The summed E-state index contributed by atoms with van der Waals surface area (Å²) < 4.78 is 28.1. The minimum Gasteiger partial charge on any atom is -0.464 e. The van der Waals surface area contributed by atoms with Gasteiger partial charge in [-0.25, -0.2) is 19.2 Å². The maximum absolute atomic E-state index is 14.1. The molecule has 198 valence electrons. The number of rotatable bonds is 6. The molecule has 1 saturated heterocycles. The molecule has 1 fully saturated rings. The van der Waals surface area contributed by atoms with Gasteiger partial charge in [0.25, 0.3) is 0 Å². The molecular formula is C26H25Cl2FN6O3. The fourth-order valence-corrected chi connectivity index (χ4v) is 5.63. The third-order valence-corrected chi connectivity index (χ3v) is 7.62. The SMILES string of the molecule is CCOC(=O)C(c1ncn2c1CC(F)C2)n1cc2c(Cl)cc(-c3ccc(N4CCOCC4)nc3)c(Cl)c2n1. The Labute approximate surface area is 228 Å². The third-order valence-electron chi connectivity index (χ3n) is 6.92. The maximum atomic E-state index is 14.1. The lowest BCUT2D eigenvalue weighted by atomic mass is 10.1. The summed E-state index contributed by atoms with van der Waals surface area (Å²) in [5.74, 6) is 0.324. The molecule has 6 rings (SSSR count). The fourth-order valence-electron chi connectivity index (χ4n) is 5.08. The number of nitrogens with zero attached hydrogens (tertiary/aromatic N) is 6. The highest BCUT2D eigenvalue weighted by Crippen LogP contribution is 2.39. The maximum Gasteiger partial charge on any atom is 0.337 e. The Hall–Kier alpha value is -3.21. The van der Waals surface area contributed by atoms with E-state index in [1.807, 2.05) is 12.1 Å². The average molecular weight is 559 g/mol. The van der Waals surface area contributed by atoms with Gasteiger partial charge in [-0.3, -0.25) is 4.68 Å². The van der Waals surface area contributed by atoms with Crippen molar-refractivity contribution in [3.8, 4) is 11.1 Å². The van der Waals surface area contributed by atoms with Crippen LogP contribution in [0.15, 0.2) is 36.9 Å². The number of anilines is 1. The van der Waals surface area contributed by atoms with Crippen LogP contribution in [0.4, 0.5) is 10.2 Å². The number of benzene rings is 1. The predicted octanol–water partition coefficient (Wildman–Crippen LogP) is 4.48. The molecule has 0 aliphatic carbocycles. The average Bonchev–Trinajstić information content (AvgIpc) is 3.63. The zero-order chi connectivity index (χ0) is 26.4. The monoisotopic (exact) mass is 558 g/mol. The number of pyridine rings is 1. The quantitative estimate of drug-likeness (QED) is 0.322. The van der Waals surface area contributed by atoms with E-state index in [0.717, 1.165) is 24.5 Å². The molecule has 0 radical (unpaired) electrons. The first-order valence-corrected chi connectivity index (χ1v) is 13.2. The first-order valence-electron chi connectivity index (χ1n) is 12.4. The van der Waals surface area contributed by atoms with Gasteiger partial charge >= 0.3 is 5.97 Å². The van der Waals surface area contributed by atoms with E-state index in [1.165, 1.54) is 4.68 Å². The summed E-state index contributed by atoms with van der Waals surface area (Å²) in [4.78, 5) is 24.3. The molecule has 2 aliphatic heterocycles. The highest BCUT2D eigenvalue weighted by Gasteiger charge is 2.35. The second kappa shape index (κ2) is 10.2. The number of ether oxygens (including phenoxy) is 2. The van der Waals surface area contributed by atoms with E-state index >= 15 is 0 Å². The van der Waals surface area contributed by atoms with Gasteiger partial charge in [0, 0.05) is 54.1 Å². The molecule has 4 aromatic rings. The van der Waals surface area contributed by atoms with Crippen LogP contribution < -0.4 is 4.90 Å². The van der Waals surface area contributed by atoms with Crippen molar-refractivity contribution in [1.82, 2.24) is 24.3 Å². The van der Waals surface area contributed by atoms with Crippen LogP contribution in [0.5, 0.6) is 0 Å². The van der Waals surface area contributed by atoms with Gasteiger partial charge in [-0.05, 0) is 25.1 Å². The molecule has 0 amide bonds. The van der Waals surface area contributed by atoms with Crippen LogP contribution in [0.3, 0.4) is 0 Å². The van der Waals surface area contributed by atoms with Gasteiger partial charge in [0.1, 0.15) is 17.5 Å². The molecular weight excluding hydrogens is 534 g/mol. The lowest BCUT2D eigenvalue weighted by molar-refractivity contribution is -0.146. The second-order valence-corrected chi connectivity index (χ2v) is 10.1. The Morgan fingerprint density at radius 2 is 2.08 bits per heavy atom. The van der Waals surface area contributed by atoms with E-state index in [2.05, 4.69) is 20.0 Å². The molecule has 2 unspecified atom stereocenters. The number of hydrogen-bond acceptors (Lipinski definition) is 7. The van der Waals surface area contributed by atoms with Crippen LogP contribution in [0, 0.1) is 0 Å². The smallest absolute Gasteiger partial charge is 0.337 e. The van der Waals surface area contributed by atoms with Crippen LogP contribution in [-0.2, 0) is 27.2 Å². The van der Waals surface area contributed by atoms with Crippen LogP contribution in [0.1, 0.15) is 24.4 Å². The molecule has 2 aliphatic rings. The Balaban J connectivity index is 1.39. The van der Waals surface area contributed by atoms with Gasteiger partial charge in [0.05, 0.1) is 48.4 Å². The first kappa shape index (κ1) is 25.1. The summed E-state index contributed by atoms with van der Waals surface area (Å²) in [5, 5.41) is 6.04. The summed E-state index contributed by atoms with van der Waals surface area (Å²) in [6.07, 6.45) is 4.11. The molecule has 1 aromatic carbocycles. The van der Waals surface area contributed by atoms with Crippen molar-refractivity contribution in [2.75, 3.05) is 37.8 Å². The fraction of sp³-hybridized carbons (Fsp3) is 0.385. The molecule has 9 nitrogen and oxygen atoms in total. The first-order chi connectivity index (χ1) is 18.4. The highest BCUT2D eigenvalue weighted by molar-refractivity contribution is 6.42. The topological polar surface area (TPSA) is 87.3 Å². The summed E-state index contributed by atoms with van der Waals surface area (Å²) in [7, 11) is 0. The zero-order valence-electron chi connectivity index (χ0n) is 20.6. The number of carbonyl (C=O) groups excluding carboxylic acids is 1. The molecule has 2 atom stereocenters. The molecule has 0 bridgehead atoms. The Bertz CT molecular complexity index is 1500. The second-order valence-electron chi connectivity index (χ2n) is 9.28. The van der Waals surface area contributed by atoms with Crippen LogP contribution in [0.25, 0.3) is 22.0 Å². The molecule has 38 heavy (non-hydrogen) atoms. The summed E-state index contributed by atoms with van der Waals surface area (Å²) >= 11 is 13.6. The summed E-state index contributed by atoms with van der Waals surface area (Å²) in [6, 6.07) is 4.66. The van der Waals surface area contributed by atoms with E-state index in [9.17, 15) is 9.18 Å². The van der Waals surface area contributed by atoms with E-state index in [1.54, 1.807) is 36.3 Å². The number of fused-ring (bicyclic) bond motifs is 2. The van der Waals surface area contributed by atoms with E-state index in [0.29, 0.717) is 51.1 Å². The lowest BCUT2D eigenvalue weighted by Gasteiger charge is -2.27. The van der Waals surface area contributed by atoms with Crippen molar-refractivity contribution in [2.24, 2.45) is 0 Å². The number of esters is 1. The number of imidazole rings is 1. The zero-order valence-corrected chi connectivity index (χ0v) is 22.1. The number of halogens is 3. The normalized spacial score (nSPS) is 18.1. The van der Waals surface area contributed by atoms with Crippen molar-refractivity contribution in [3.05, 3.63) is 58.4 Å². The number of alkyl halides is 1. The molecule has 0 saturated carbocycles. The minimum atomic E-state index is -1.03. The van der Waals surface area contributed by atoms with Gasteiger partial charge in [0.2, 0.25) is 0 Å². The van der Waals surface area contributed by atoms with Gasteiger partial charge in [0.15, 0.2) is 6.04 Å². The number of aromatic nitrogens is 5. The molecule has 5 heterocycles. The predicted molar refractivity (Wildman–Crippen MR) is 142 cm³/mol. The van der Waals surface area contributed by atoms with Crippen molar-refractivity contribution in [2.45, 2.75) is 32.1 Å². The molecule has 12 heteroatoms. The van der Waals surface area contributed by atoms with E-state index in [-0.39, 0.29) is 19.6 Å². The lowest BCUT2D eigenvalue weighted by Crippen LogP contribution is -2.36. The van der Waals surface area contributed by atoms with Crippen molar-refractivity contribution in [1.29, 1.82) is 0 Å². The molecule has 0 spiro atoms. The van der Waals surface area contributed by atoms with Gasteiger partial charge in [-0.15, -0.1) is 0 Å². The van der Waals surface area contributed by atoms with Crippen LogP contribution in [-0.4, -0.2) is 69.4 Å². The number of carbonyl (C=O) groups is 1. The van der Waals surface area contributed by atoms with Crippen molar-refractivity contribution in [3.63, 3.8) is 0 Å². The van der Waals surface area contributed by atoms with Gasteiger partial charge in [-0.1, -0.05) is 23.2 Å². The largest absolute Gasteiger partial charge is 0.464 e. The van der Waals surface area contributed by atoms with Crippen LogP contribution in [0.2, 0.25) is 10.0 Å². The van der Waals surface area contributed by atoms with Crippen molar-refractivity contribution >= 4 is 45.9 Å². The minimum absolute atomic E-state index is 0.172. The van der Waals surface area contributed by atoms with Gasteiger partial charge in [-0.2, -0.15) is 5.10 Å². The van der Waals surface area contributed by atoms with Crippen molar-refractivity contribution < 1.29 is 18.7 Å². The number of hydrogen-bond donors (Lipinski definition) is 0. The summed E-state index contributed by atoms with van der Waals surface area (Å²) in [5.41, 5.74) is 2.95. The van der Waals surface area contributed by atoms with Crippen LogP contribution >= 0.6 is 23.2 Å². The van der Waals surface area contributed by atoms with E-state index in [4.69, 9.17) is 32.7 Å². The molecule has 0 N–H and O–H groups in total. The standard InChI is InChI=1S/C26H25Cl2FN6O3/c1-2-38-26(36)25(24-20-9-16(29)12-34(20)14-31-24)35-13-18-19(27)10-17(22(28)23(18)32-35)15-3-4-21(30-11-15)33-5-7-37-8-6-33/h3-4,10-11,13-14,16,25H,2,5-9,12H2,1H3. The third kappa shape index (κ3) is 4.40. The number of morpholine rings is 1. The summed E-state index contributed by atoms with van der Waals surface area (Å²) in [6.45, 7) is 5.03. The molecule has 3 aromatic heterocycles.